The zero-order valence-corrected chi connectivity index (χ0v) is 23.7. The van der Waals surface area contributed by atoms with Crippen LogP contribution in [0.4, 0.5) is 11.4 Å². The average Bonchev–Trinajstić information content (AvgIpc) is 3.47. The molecule has 0 bridgehead atoms. The Morgan fingerprint density at radius 2 is 1.73 bits per heavy atom. The summed E-state index contributed by atoms with van der Waals surface area (Å²) in [7, 11) is 1.49. The molecule has 2 N–H and O–H groups in total. The molecule has 0 radical (unpaired) electrons. The summed E-state index contributed by atoms with van der Waals surface area (Å²) < 4.78 is 11.4. The molecule has 208 valence electrons. The van der Waals surface area contributed by atoms with Crippen LogP contribution >= 0.6 is 23.1 Å². The maximum Gasteiger partial charge on any atom is 0.305 e. The van der Waals surface area contributed by atoms with Gasteiger partial charge < -0.3 is 19.8 Å². The van der Waals surface area contributed by atoms with E-state index in [1.54, 1.807) is 42.5 Å². The second kappa shape index (κ2) is 10.9. The molecule has 1 fully saturated rings. The number of thiazole rings is 1. The molecule has 3 heterocycles. The summed E-state index contributed by atoms with van der Waals surface area (Å²) in [5.74, 6) is -1.52. The Morgan fingerprint density at radius 1 is 0.976 bits per heavy atom. The number of anilines is 2. The van der Waals surface area contributed by atoms with E-state index >= 15 is 0 Å². The quantitative estimate of drug-likeness (QED) is 0.304. The molecule has 3 amide bonds. The molecule has 0 spiro atoms. The number of fused-ring (bicyclic) bond motifs is 2. The van der Waals surface area contributed by atoms with Gasteiger partial charge in [-0.15, -0.1) is 0 Å². The number of para-hydroxylation sites is 2. The molecule has 41 heavy (non-hydrogen) atoms. The van der Waals surface area contributed by atoms with Crippen LogP contribution in [-0.2, 0) is 14.4 Å². The fourth-order valence-corrected chi connectivity index (χ4v) is 7.76. The first-order valence-corrected chi connectivity index (χ1v) is 14.5. The second-order valence-electron chi connectivity index (χ2n) is 9.66. The molecule has 0 aliphatic carbocycles. The third-order valence-electron chi connectivity index (χ3n) is 7.16. The Kier molecular flexibility index (Phi) is 7.14. The number of nitrogens with zero attached hydrogens (tertiary/aromatic N) is 1. The number of hydrogen-bond donors (Lipinski definition) is 2. The van der Waals surface area contributed by atoms with Gasteiger partial charge in [0.25, 0.3) is 5.91 Å². The number of methoxy groups -OCH3 is 1. The van der Waals surface area contributed by atoms with Crippen molar-refractivity contribution in [3.05, 3.63) is 98.5 Å². The Labute approximate surface area is 243 Å². The number of ether oxygens (including phenoxy) is 2. The van der Waals surface area contributed by atoms with E-state index in [-0.39, 0.29) is 29.2 Å². The molecule has 0 saturated carbocycles. The van der Waals surface area contributed by atoms with Gasteiger partial charge in [-0.05, 0) is 48.4 Å². The maximum absolute atomic E-state index is 13.8. The van der Waals surface area contributed by atoms with Crippen molar-refractivity contribution in [3.63, 3.8) is 0 Å². The van der Waals surface area contributed by atoms with Gasteiger partial charge in [0.1, 0.15) is 5.25 Å². The van der Waals surface area contributed by atoms with Crippen molar-refractivity contribution in [1.29, 1.82) is 0 Å². The SMILES string of the molecule is COc1cc(C2c3sc(=O)[nH]c3SC3C(=O)N(c4ccccc4)C(=O)C32)ccc1OCC(=O)Nc1ccccc1C. The van der Waals surface area contributed by atoms with Crippen LogP contribution in [0.3, 0.4) is 0 Å². The number of aromatic amines is 1. The standard InChI is InChI=1S/C30H25N3O6S2/c1-16-8-6-7-11-19(16)31-22(34)15-39-20-13-12-17(14-21(20)38-2)23-24-26(40-27-25(23)41-30(37)32-27)29(36)33(28(24)35)18-9-4-3-5-10-18/h3-14,23-24,26H,15H2,1-2H3,(H,31,34)(H,32,37). The molecule has 3 unspecified atom stereocenters. The number of aromatic nitrogens is 1. The van der Waals surface area contributed by atoms with E-state index in [9.17, 15) is 19.2 Å². The van der Waals surface area contributed by atoms with E-state index < -0.39 is 17.1 Å². The van der Waals surface area contributed by atoms with Crippen LogP contribution in [0.25, 0.3) is 0 Å². The Hall–Kier alpha value is -4.35. The van der Waals surface area contributed by atoms with Crippen LogP contribution in [0.5, 0.6) is 11.5 Å². The summed E-state index contributed by atoms with van der Waals surface area (Å²) in [5.41, 5.74) is 2.85. The van der Waals surface area contributed by atoms with Crippen molar-refractivity contribution in [3.8, 4) is 11.5 Å². The Balaban J connectivity index is 1.30. The minimum absolute atomic E-state index is 0.239. The van der Waals surface area contributed by atoms with Crippen LogP contribution in [-0.4, -0.2) is 41.7 Å². The smallest absolute Gasteiger partial charge is 0.305 e. The highest BCUT2D eigenvalue weighted by atomic mass is 32.2. The number of carbonyl (C=O) groups excluding carboxylic acids is 3. The van der Waals surface area contributed by atoms with Crippen LogP contribution in [0.15, 0.2) is 82.6 Å². The normalized spacial score (nSPS) is 19.5. The number of hydrogen-bond acceptors (Lipinski definition) is 8. The summed E-state index contributed by atoms with van der Waals surface area (Å²) in [6, 6.07) is 21.5. The molecule has 3 atom stereocenters. The molecule has 11 heteroatoms. The van der Waals surface area contributed by atoms with Crippen LogP contribution in [0.2, 0.25) is 0 Å². The van der Waals surface area contributed by atoms with Gasteiger partial charge in [0.2, 0.25) is 11.8 Å². The van der Waals surface area contributed by atoms with Crippen LogP contribution < -0.4 is 24.6 Å². The summed E-state index contributed by atoms with van der Waals surface area (Å²) >= 11 is 2.26. The topological polar surface area (TPSA) is 118 Å². The average molecular weight is 588 g/mol. The number of benzene rings is 3. The van der Waals surface area contributed by atoms with E-state index in [2.05, 4.69) is 10.3 Å². The van der Waals surface area contributed by atoms with Gasteiger partial charge in [0.05, 0.1) is 23.7 Å². The van der Waals surface area contributed by atoms with Crippen LogP contribution in [0, 0.1) is 12.8 Å². The van der Waals surface area contributed by atoms with E-state index in [0.717, 1.165) is 16.9 Å². The summed E-state index contributed by atoms with van der Waals surface area (Å²) in [4.78, 5) is 56.8. The lowest BCUT2D eigenvalue weighted by atomic mass is 9.83. The van der Waals surface area contributed by atoms with Gasteiger partial charge in [0.15, 0.2) is 18.1 Å². The zero-order chi connectivity index (χ0) is 28.7. The molecule has 2 aliphatic heterocycles. The largest absolute Gasteiger partial charge is 0.493 e. The number of H-pyrrole nitrogens is 1. The predicted octanol–water partition coefficient (Wildman–Crippen LogP) is 4.57. The highest BCUT2D eigenvalue weighted by molar-refractivity contribution is 8.00. The van der Waals surface area contributed by atoms with Gasteiger partial charge in [-0.2, -0.15) is 0 Å². The summed E-state index contributed by atoms with van der Waals surface area (Å²) in [5, 5.41) is 2.73. The third kappa shape index (κ3) is 4.91. The van der Waals surface area contributed by atoms with Crippen molar-refractivity contribution in [2.75, 3.05) is 23.9 Å². The number of thioether (sulfide) groups is 1. The van der Waals surface area contributed by atoms with Crippen molar-refractivity contribution in [2.24, 2.45) is 5.92 Å². The number of nitrogens with one attached hydrogen (secondary N) is 2. The van der Waals surface area contributed by atoms with E-state index in [1.807, 2.05) is 37.3 Å². The molecule has 1 saturated heterocycles. The first-order valence-electron chi connectivity index (χ1n) is 12.8. The van der Waals surface area contributed by atoms with Gasteiger partial charge in [-0.1, -0.05) is 65.6 Å². The monoisotopic (exact) mass is 587 g/mol. The van der Waals surface area contributed by atoms with Gasteiger partial charge in [-0.3, -0.25) is 19.2 Å². The molecular formula is C30H25N3O6S2. The summed E-state index contributed by atoms with van der Waals surface area (Å²) in [6.45, 7) is 1.66. The number of rotatable bonds is 7. The lowest BCUT2D eigenvalue weighted by Gasteiger charge is -2.30. The fraction of sp³-hybridized carbons (Fsp3) is 0.200. The minimum Gasteiger partial charge on any atom is -0.493 e. The van der Waals surface area contributed by atoms with Crippen LogP contribution in [0.1, 0.15) is 21.9 Å². The number of aryl methyl sites for hydroxylation is 1. The lowest BCUT2D eigenvalue weighted by molar-refractivity contribution is -0.122. The van der Waals surface area contributed by atoms with Crippen molar-refractivity contribution in [2.45, 2.75) is 23.1 Å². The highest BCUT2D eigenvalue weighted by Gasteiger charge is 2.56. The van der Waals surface area contributed by atoms with Crippen molar-refractivity contribution >= 4 is 52.2 Å². The first kappa shape index (κ1) is 26.9. The molecule has 3 aromatic carbocycles. The molecular weight excluding hydrogens is 562 g/mol. The van der Waals surface area contributed by atoms with E-state index in [1.165, 1.54) is 23.8 Å². The second-order valence-corrected chi connectivity index (χ2v) is 11.8. The fourth-order valence-electron chi connectivity index (χ4n) is 5.25. The molecule has 1 aromatic heterocycles. The Bertz CT molecular complexity index is 1720. The number of imide groups is 1. The first-order chi connectivity index (χ1) is 19.9. The lowest BCUT2D eigenvalue weighted by Crippen LogP contribution is -2.32. The molecule has 2 aliphatic rings. The van der Waals surface area contributed by atoms with Crippen molar-refractivity contribution < 1.29 is 23.9 Å². The van der Waals surface area contributed by atoms with Gasteiger partial charge in [0, 0.05) is 16.5 Å². The highest BCUT2D eigenvalue weighted by Crippen LogP contribution is 2.53. The zero-order valence-electron chi connectivity index (χ0n) is 22.1. The molecule has 6 rings (SSSR count). The molecule has 4 aromatic rings. The number of amides is 3. The van der Waals surface area contributed by atoms with E-state index in [4.69, 9.17) is 9.47 Å². The maximum atomic E-state index is 13.8. The van der Waals surface area contributed by atoms with Crippen molar-refractivity contribution in [1.82, 2.24) is 4.98 Å². The summed E-state index contributed by atoms with van der Waals surface area (Å²) in [6.07, 6.45) is 0. The van der Waals surface area contributed by atoms with Gasteiger partial charge in [-0.25, -0.2) is 4.90 Å². The van der Waals surface area contributed by atoms with Gasteiger partial charge >= 0.3 is 4.87 Å². The molecule has 9 nitrogen and oxygen atoms in total. The Morgan fingerprint density at radius 3 is 2.49 bits per heavy atom. The number of carbonyl (C=O) groups is 3. The van der Waals surface area contributed by atoms with E-state index in [0.29, 0.717) is 38.3 Å². The predicted molar refractivity (Wildman–Crippen MR) is 157 cm³/mol. The minimum atomic E-state index is -0.719. The third-order valence-corrected chi connectivity index (χ3v) is 9.56.